The summed E-state index contributed by atoms with van der Waals surface area (Å²) in [6.07, 6.45) is 17.5. The zero-order chi connectivity index (χ0) is 35.2. The number of methoxy groups -OCH3 is 2. The summed E-state index contributed by atoms with van der Waals surface area (Å²) in [7, 11) is 3.05. The number of ether oxygens (including phenoxy) is 4. The Bertz CT molecular complexity index is 1590. The van der Waals surface area contributed by atoms with Crippen molar-refractivity contribution in [2.75, 3.05) is 14.2 Å². The maximum atomic E-state index is 13.3. The van der Waals surface area contributed by atoms with E-state index in [1.165, 1.54) is 39.2 Å². The minimum absolute atomic E-state index is 0.0339. The summed E-state index contributed by atoms with van der Waals surface area (Å²) >= 11 is 0. The Morgan fingerprint density at radius 2 is 0.882 bits per heavy atom. The molecule has 2 aromatic rings. The van der Waals surface area contributed by atoms with Crippen molar-refractivity contribution in [2.45, 2.75) is 70.6 Å². The highest BCUT2D eigenvalue weighted by Gasteiger charge is 2.52. The van der Waals surface area contributed by atoms with Crippen LogP contribution < -0.4 is 18.9 Å². The second kappa shape index (κ2) is 14.1. The molecule has 0 amide bonds. The first-order chi connectivity index (χ1) is 24.7. The Morgan fingerprint density at radius 1 is 0.529 bits per heavy atom. The molecular weight excluding hydrogens is 644 g/mol. The molecule has 0 N–H and O–H groups in total. The molecule has 0 atom stereocenters. The van der Waals surface area contributed by atoms with E-state index in [1.807, 2.05) is 0 Å². The van der Waals surface area contributed by atoms with Crippen LogP contribution >= 0.6 is 0 Å². The zero-order valence-corrected chi connectivity index (χ0v) is 29.6. The summed E-state index contributed by atoms with van der Waals surface area (Å²) in [5.74, 6) is 5.39. The number of allylic oxidation sites excluding steroid dienone is 2. The zero-order valence-electron chi connectivity index (χ0n) is 29.6. The van der Waals surface area contributed by atoms with Crippen molar-refractivity contribution in [3.8, 4) is 23.0 Å². The monoisotopic (exact) mass is 692 g/mol. The van der Waals surface area contributed by atoms with E-state index in [1.54, 1.807) is 48.6 Å². The third-order valence-corrected chi connectivity index (χ3v) is 13.1. The predicted octanol–water partition coefficient (Wildman–Crippen LogP) is 7.91. The number of esters is 2. The highest BCUT2D eigenvalue weighted by Crippen LogP contribution is 2.58. The molecule has 0 spiro atoms. The van der Waals surface area contributed by atoms with E-state index in [0.29, 0.717) is 57.8 Å². The Kier molecular flexibility index (Phi) is 9.36. The van der Waals surface area contributed by atoms with Crippen LogP contribution in [0.5, 0.6) is 23.0 Å². The molecule has 0 radical (unpaired) electrons. The van der Waals surface area contributed by atoms with E-state index in [2.05, 4.69) is 0 Å². The van der Waals surface area contributed by atoms with Gasteiger partial charge < -0.3 is 18.9 Å². The molecule has 8 heteroatoms. The molecule has 51 heavy (non-hydrogen) atoms. The Morgan fingerprint density at radius 3 is 1.22 bits per heavy atom. The standard InChI is InChI=1S/C43H48O8/c1-48-38-21-24(5-9-36(38)50-42(46)40-30-13-26-11-27(15-30)16-31(40)14-26)3-7-34(44)23-35(45)8-4-25-6-10-37(39(22-25)49-2)51-43(47)41-32-17-28-12-29(19-32)20-33(41)18-28/h3-10,21-22,26-33,40-41H,11-20,23H2,1-2H3/b7-3+,8-4+. The summed E-state index contributed by atoms with van der Waals surface area (Å²) in [6, 6.07) is 10.4. The Hall–Kier alpha value is -4.20. The maximum absolute atomic E-state index is 13.3. The number of rotatable bonds is 12. The Labute approximate surface area is 299 Å². The molecular formula is C43H48O8. The van der Waals surface area contributed by atoms with Crippen LogP contribution in [0.2, 0.25) is 0 Å². The van der Waals surface area contributed by atoms with Gasteiger partial charge in [0.1, 0.15) is 0 Å². The molecule has 8 saturated carbocycles. The van der Waals surface area contributed by atoms with Crippen molar-refractivity contribution in [3.05, 3.63) is 59.7 Å². The number of benzene rings is 2. The van der Waals surface area contributed by atoms with Gasteiger partial charge in [-0.05, 0) is 159 Å². The van der Waals surface area contributed by atoms with Gasteiger partial charge in [0, 0.05) is 0 Å². The summed E-state index contributed by atoms with van der Waals surface area (Å²) in [4.78, 5) is 51.9. The van der Waals surface area contributed by atoms with Gasteiger partial charge in [-0.3, -0.25) is 19.2 Å². The van der Waals surface area contributed by atoms with Crippen molar-refractivity contribution >= 4 is 35.7 Å². The molecule has 0 unspecified atom stereocenters. The van der Waals surface area contributed by atoms with Crippen LogP contribution in [0, 0.1) is 59.2 Å². The minimum Gasteiger partial charge on any atom is -0.493 e. The summed E-state index contributed by atoms with van der Waals surface area (Å²) in [6.45, 7) is 0. The van der Waals surface area contributed by atoms with Gasteiger partial charge in [-0.2, -0.15) is 0 Å². The first-order valence-electron chi connectivity index (χ1n) is 18.9. The van der Waals surface area contributed by atoms with Gasteiger partial charge in [0.05, 0.1) is 32.5 Å². The van der Waals surface area contributed by atoms with Crippen LogP contribution in [0.4, 0.5) is 0 Å². The van der Waals surface area contributed by atoms with Crippen molar-refractivity contribution in [1.29, 1.82) is 0 Å². The molecule has 268 valence electrons. The van der Waals surface area contributed by atoms with Crippen LogP contribution in [-0.2, 0) is 19.2 Å². The van der Waals surface area contributed by atoms with E-state index in [0.717, 1.165) is 75.0 Å². The average molecular weight is 693 g/mol. The lowest BCUT2D eigenvalue weighted by atomic mass is 9.52. The van der Waals surface area contributed by atoms with Gasteiger partial charge in [0.25, 0.3) is 0 Å². The smallest absolute Gasteiger partial charge is 0.315 e. The molecule has 8 aliphatic carbocycles. The van der Waals surface area contributed by atoms with Gasteiger partial charge in [-0.1, -0.05) is 24.3 Å². The van der Waals surface area contributed by atoms with E-state index in [9.17, 15) is 19.2 Å². The molecule has 8 fully saturated rings. The van der Waals surface area contributed by atoms with Crippen molar-refractivity contribution in [3.63, 3.8) is 0 Å². The molecule has 2 aromatic carbocycles. The van der Waals surface area contributed by atoms with Crippen LogP contribution in [0.25, 0.3) is 12.2 Å². The number of ketones is 2. The number of hydrogen-bond acceptors (Lipinski definition) is 8. The molecule has 8 nitrogen and oxygen atoms in total. The van der Waals surface area contributed by atoms with Gasteiger partial charge >= 0.3 is 11.9 Å². The minimum atomic E-state index is -0.342. The summed E-state index contributed by atoms with van der Waals surface area (Å²) in [5, 5.41) is 0. The molecule has 10 rings (SSSR count). The van der Waals surface area contributed by atoms with Gasteiger partial charge in [-0.15, -0.1) is 0 Å². The molecule has 8 bridgehead atoms. The van der Waals surface area contributed by atoms with E-state index in [-0.39, 0.29) is 41.8 Å². The van der Waals surface area contributed by atoms with Crippen LogP contribution in [0.1, 0.15) is 81.8 Å². The maximum Gasteiger partial charge on any atom is 0.315 e. The third kappa shape index (κ3) is 7.03. The van der Waals surface area contributed by atoms with Gasteiger partial charge in [0.15, 0.2) is 34.6 Å². The normalized spacial score (nSPS) is 32.7. The fourth-order valence-corrected chi connectivity index (χ4v) is 11.4. The fourth-order valence-electron chi connectivity index (χ4n) is 11.4. The molecule has 0 aromatic heterocycles. The number of hydrogen-bond donors (Lipinski definition) is 0. The van der Waals surface area contributed by atoms with Gasteiger partial charge in [0.2, 0.25) is 0 Å². The highest BCUT2D eigenvalue weighted by molar-refractivity contribution is 6.10. The summed E-state index contributed by atoms with van der Waals surface area (Å²) < 4.78 is 22.9. The van der Waals surface area contributed by atoms with Crippen LogP contribution in [-0.4, -0.2) is 37.7 Å². The Balaban J connectivity index is 0.837. The second-order valence-electron chi connectivity index (χ2n) is 16.4. The van der Waals surface area contributed by atoms with E-state index >= 15 is 0 Å². The van der Waals surface area contributed by atoms with Crippen LogP contribution in [0.3, 0.4) is 0 Å². The lowest BCUT2D eigenvalue weighted by Crippen LogP contribution is -2.49. The third-order valence-electron chi connectivity index (χ3n) is 13.1. The predicted molar refractivity (Wildman–Crippen MR) is 191 cm³/mol. The lowest BCUT2D eigenvalue weighted by Gasteiger charge is -2.53. The first kappa shape index (κ1) is 33.9. The average Bonchev–Trinajstić information content (AvgIpc) is 3.09. The summed E-state index contributed by atoms with van der Waals surface area (Å²) in [5.41, 5.74) is 1.38. The fraction of sp³-hybridized carbons (Fsp3) is 0.535. The SMILES string of the molecule is COc1cc(/C=C/C(=O)CC(=O)/C=C/c2ccc(OC(=O)C3C4CC5CC(C4)CC3C5)c(OC)c2)ccc1OC(=O)C1C2CC3CC(C2)CC1C3. The lowest BCUT2D eigenvalue weighted by molar-refractivity contribution is -0.153. The van der Waals surface area contributed by atoms with Crippen molar-refractivity contribution in [1.82, 2.24) is 0 Å². The first-order valence-corrected chi connectivity index (χ1v) is 18.9. The molecule has 0 heterocycles. The topological polar surface area (TPSA) is 105 Å². The van der Waals surface area contributed by atoms with E-state index in [4.69, 9.17) is 18.9 Å². The van der Waals surface area contributed by atoms with E-state index < -0.39 is 0 Å². The van der Waals surface area contributed by atoms with Crippen LogP contribution in [0.15, 0.2) is 48.6 Å². The highest BCUT2D eigenvalue weighted by atomic mass is 16.6. The largest absolute Gasteiger partial charge is 0.493 e. The molecule has 0 aliphatic heterocycles. The molecule has 0 saturated heterocycles. The number of carbonyl (C=O) groups is 4. The number of carbonyl (C=O) groups excluding carboxylic acids is 4. The quantitative estimate of drug-likeness (QED) is 0.0957. The van der Waals surface area contributed by atoms with Crippen molar-refractivity contribution < 1.29 is 38.1 Å². The van der Waals surface area contributed by atoms with Crippen molar-refractivity contribution in [2.24, 2.45) is 59.2 Å². The molecule has 8 aliphatic rings. The second-order valence-corrected chi connectivity index (χ2v) is 16.4. The van der Waals surface area contributed by atoms with Gasteiger partial charge in [-0.25, -0.2) is 0 Å².